The molecule has 0 aliphatic rings. The second-order valence-corrected chi connectivity index (χ2v) is 5.81. The molecular formula is C22H20N2O4. The number of furan rings is 1. The van der Waals surface area contributed by atoms with Crippen molar-refractivity contribution in [1.29, 1.82) is 0 Å². The summed E-state index contributed by atoms with van der Waals surface area (Å²) in [5.74, 6) is 0.220. The number of nitrogens with one attached hydrogen (secondary N) is 2. The van der Waals surface area contributed by atoms with Gasteiger partial charge in [-0.05, 0) is 43.3 Å². The first-order valence-electron chi connectivity index (χ1n) is 8.81. The second-order valence-electron chi connectivity index (χ2n) is 5.81. The van der Waals surface area contributed by atoms with Crippen LogP contribution in [0.25, 0.3) is 6.08 Å². The first-order valence-corrected chi connectivity index (χ1v) is 8.81. The minimum absolute atomic E-state index is 0.0608. The molecule has 0 spiro atoms. The molecule has 6 heteroatoms. The predicted molar refractivity (Wildman–Crippen MR) is 107 cm³/mol. The summed E-state index contributed by atoms with van der Waals surface area (Å²) in [5.41, 5.74) is 1.06. The molecule has 0 unspecified atom stereocenters. The Hall–Kier alpha value is -3.80. The van der Waals surface area contributed by atoms with Crippen LogP contribution in [0.2, 0.25) is 0 Å². The number of benzene rings is 2. The molecule has 0 saturated carbocycles. The fourth-order valence-corrected chi connectivity index (χ4v) is 2.49. The van der Waals surface area contributed by atoms with E-state index in [4.69, 9.17) is 9.15 Å². The predicted octanol–water partition coefficient (Wildman–Crippen LogP) is 4.09. The van der Waals surface area contributed by atoms with Gasteiger partial charge in [0.2, 0.25) is 0 Å². The van der Waals surface area contributed by atoms with E-state index >= 15 is 0 Å². The van der Waals surface area contributed by atoms with Crippen LogP contribution in [-0.2, 0) is 4.79 Å². The molecule has 3 aromatic rings. The van der Waals surface area contributed by atoms with Crippen LogP contribution < -0.4 is 15.4 Å². The van der Waals surface area contributed by atoms with Crippen LogP contribution in [-0.4, -0.2) is 18.4 Å². The maximum atomic E-state index is 12.8. The zero-order chi connectivity index (χ0) is 19.8. The van der Waals surface area contributed by atoms with Gasteiger partial charge in [-0.3, -0.25) is 9.59 Å². The summed E-state index contributed by atoms with van der Waals surface area (Å²) in [6, 6.07) is 19.1. The van der Waals surface area contributed by atoms with Crippen LogP contribution in [0.4, 0.5) is 5.69 Å². The van der Waals surface area contributed by atoms with E-state index in [0.29, 0.717) is 29.4 Å². The highest BCUT2D eigenvalue weighted by Crippen LogP contribution is 2.18. The number of hydrogen-bond acceptors (Lipinski definition) is 4. The highest BCUT2D eigenvalue weighted by atomic mass is 16.5. The summed E-state index contributed by atoms with van der Waals surface area (Å²) in [7, 11) is 0. The Labute approximate surface area is 162 Å². The molecule has 6 nitrogen and oxygen atoms in total. The Morgan fingerprint density at radius 2 is 1.86 bits per heavy atom. The number of amides is 2. The van der Waals surface area contributed by atoms with Crippen LogP contribution >= 0.6 is 0 Å². The molecule has 1 heterocycles. The van der Waals surface area contributed by atoms with Gasteiger partial charge in [0.25, 0.3) is 11.8 Å². The van der Waals surface area contributed by atoms with Gasteiger partial charge < -0.3 is 19.8 Å². The van der Waals surface area contributed by atoms with Gasteiger partial charge in [0.05, 0.1) is 12.9 Å². The number of ether oxygens (including phenoxy) is 1. The molecule has 0 atom stereocenters. The van der Waals surface area contributed by atoms with Gasteiger partial charge in [-0.1, -0.05) is 24.3 Å². The molecule has 28 heavy (non-hydrogen) atoms. The summed E-state index contributed by atoms with van der Waals surface area (Å²) >= 11 is 0. The zero-order valence-corrected chi connectivity index (χ0v) is 15.3. The van der Waals surface area contributed by atoms with Crippen molar-refractivity contribution in [2.45, 2.75) is 6.92 Å². The van der Waals surface area contributed by atoms with E-state index in [2.05, 4.69) is 10.6 Å². The third-order valence-corrected chi connectivity index (χ3v) is 3.76. The van der Waals surface area contributed by atoms with Crippen molar-refractivity contribution in [2.24, 2.45) is 0 Å². The fraction of sp³-hybridized carbons (Fsp3) is 0.0909. The van der Waals surface area contributed by atoms with Gasteiger partial charge >= 0.3 is 0 Å². The van der Waals surface area contributed by atoms with Gasteiger partial charge in [0.15, 0.2) is 0 Å². The average molecular weight is 376 g/mol. The third-order valence-electron chi connectivity index (χ3n) is 3.76. The number of anilines is 1. The molecule has 0 saturated heterocycles. The lowest BCUT2D eigenvalue weighted by atomic mass is 10.2. The lowest BCUT2D eigenvalue weighted by Crippen LogP contribution is -2.30. The molecule has 3 rings (SSSR count). The molecule has 0 fully saturated rings. The standard InChI is InChI=1S/C22H20N2O4/c1-2-27-18-11-6-10-17(14-18)23-22(26)20(15-19-12-7-13-28-19)24-21(25)16-8-4-3-5-9-16/h3-15H,2H2,1H3,(H,23,26)(H,24,25)/b20-15-. The van der Waals surface area contributed by atoms with Crippen LogP contribution in [0.1, 0.15) is 23.0 Å². The molecule has 2 N–H and O–H groups in total. The SMILES string of the molecule is CCOc1cccc(NC(=O)/C(=C/c2ccco2)NC(=O)c2ccccc2)c1. The van der Waals surface area contributed by atoms with Crippen molar-refractivity contribution in [3.63, 3.8) is 0 Å². The van der Waals surface area contributed by atoms with Crippen molar-refractivity contribution >= 4 is 23.6 Å². The molecule has 142 valence electrons. The number of carbonyl (C=O) groups excluding carboxylic acids is 2. The number of carbonyl (C=O) groups is 2. The van der Waals surface area contributed by atoms with Gasteiger partial charge in [-0.15, -0.1) is 0 Å². The topological polar surface area (TPSA) is 80.6 Å². The Balaban J connectivity index is 1.81. The van der Waals surface area contributed by atoms with E-state index in [1.54, 1.807) is 60.7 Å². The maximum absolute atomic E-state index is 12.8. The van der Waals surface area contributed by atoms with Gasteiger partial charge in [0, 0.05) is 23.4 Å². The molecule has 2 amide bonds. The number of rotatable bonds is 7. The van der Waals surface area contributed by atoms with Gasteiger partial charge in [-0.2, -0.15) is 0 Å². The fourth-order valence-electron chi connectivity index (χ4n) is 2.49. The van der Waals surface area contributed by atoms with Crippen LogP contribution in [0.15, 0.2) is 83.1 Å². The van der Waals surface area contributed by atoms with E-state index in [1.807, 2.05) is 13.0 Å². The normalized spacial score (nSPS) is 11.0. The van der Waals surface area contributed by atoms with E-state index in [1.165, 1.54) is 12.3 Å². The van der Waals surface area contributed by atoms with E-state index in [-0.39, 0.29) is 5.70 Å². The smallest absolute Gasteiger partial charge is 0.272 e. The van der Waals surface area contributed by atoms with E-state index < -0.39 is 11.8 Å². The van der Waals surface area contributed by atoms with Crippen LogP contribution in [0.5, 0.6) is 5.75 Å². The second kappa shape index (κ2) is 9.23. The van der Waals surface area contributed by atoms with Gasteiger partial charge in [0.1, 0.15) is 17.2 Å². The quantitative estimate of drug-likeness (QED) is 0.609. The molecule has 0 aliphatic carbocycles. The molecule has 0 radical (unpaired) electrons. The minimum atomic E-state index is -0.477. The first kappa shape index (κ1) is 19.0. The molecule has 1 aromatic heterocycles. The van der Waals surface area contributed by atoms with E-state index in [0.717, 1.165) is 0 Å². The average Bonchev–Trinajstić information content (AvgIpc) is 3.22. The Morgan fingerprint density at radius 1 is 1.04 bits per heavy atom. The van der Waals surface area contributed by atoms with Crippen LogP contribution in [0.3, 0.4) is 0 Å². The molecular weight excluding hydrogens is 356 g/mol. The lowest BCUT2D eigenvalue weighted by Gasteiger charge is -2.12. The van der Waals surface area contributed by atoms with Gasteiger partial charge in [-0.25, -0.2) is 0 Å². The number of hydrogen-bond donors (Lipinski definition) is 2. The zero-order valence-electron chi connectivity index (χ0n) is 15.3. The summed E-state index contributed by atoms with van der Waals surface area (Å²) in [6.45, 7) is 2.41. The largest absolute Gasteiger partial charge is 0.494 e. The molecule has 2 aromatic carbocycles. The summed E-state index contributed by atoms with van der Waals surface area (Å²) < 4.78 is 10.7. The Kier molecular flexibility index (Phi) is 6.25. The monoisotopic (exact) mass is 376 g/mol. The summed E-state index contributed by atoms with van der Waals surface area (Å²) in [6.07, 6.45) is 2.97. The van der Waals surface area contributed by atoms with Crippen molar-refractivity contribution in [3.8, 4) is 5.75 Å². The Morgan fingerprint density at radius 3 is 2.57 bits per heavy atom. The first-order chi connectivity index (χ1) is 13.7. The van der Waals surface area contributed by atoms with Crippen LogP contribution in [0, 0.1) is 0 Å². The van der Waals surface area contributed by atoms with Crippen molar-refractivity contribution in [1.82, 2.24) is 5.32 Å². The minimum Gasteiger partial charge on any atom is -0.494 e. The maximum Gasteiger partial charge on any atom is 0.272 e. The lowest BCUT2D eigenvalue weighted by molar-refractivity contribution is -0.113. The van der Waals surface area contributed by atoms with Crippen molar-refractivity contribution in [3.05, 3.63) is 90.0 Å². The van der Waals surface area contributed by atoms with Crippen molar-refractivity contribution < 1.29 is 18.7 Å². The highest BCUT2D eigenvalue weighted by molar-refractivity contribution is 6.10. The summed E-state index contributed by atoms with van der Waals surface area (Å²) in [4.78, 5) is 25.3. The summed E-state index contributed by atoms with van der Waals surface area (Å²) in [5, 5.41) is 5.42. The molecule has 0 aliphatic heterocycles. The Bertz CT molecular complexity index is 963. The van der Waals surface area contributed by atoms with Crippen molar-refractivity contribution in [2.75, 3.05) is 11.9 Å². The third kappa shape index (κ3) is 5.11. The molecule has 0 bridgehead atoms. The van der Waals surface area contributed by atoms with E-state index in [9.17, 15) is 9.59 Å². The highest BCUT2D eigenvalue weighted by Gasteiger charge is 2.15.